The number of aromatic nitrogens is 2. The van der Waals surface area contributed by atoms with Crippen LogP contribution in [-0.2, 0) is 17.9 Å². The van der Waals surface area contributed by atoms with E-state index in [4.69, 9.17) is 14.0 Å². The molecule has 0 aliphatic carbocycles. The maximum absolute atomic E-state index is 13.3. The van der Waals surface area contributed by atoms with Gasteiger partial charge in [-0.05, 0) is 12.1 Å². The summed E-state index contributed by atoms with van der Waals surface area (Å²) >= 11 is 0. The van der Waals surface area contributed by atoms with Crippen molar-refractivity contribution in [2.45, 2.75) is 13.2 Å². The zero-order valence-electron chi connectivity index (χ0n) is 11.5. The van der Waals surface area contributed by atoms with E-state index in [1.807, 2.05) is 0 Å². The van der Waals surface area contributed by atoms with Gasteiger partial charge in [-0.3, -0.25) is 0 Å². The van der Waals surface area contributed by atoms with Gasteiger partial charge < -0.3 is 19.3 Å². The molecule has 1 heterocycles. The molecule has 0 spiro atoms. The van der Waals surface area contributed by atoms with Crippen LogP contribution in [0.2, 0.25) is 0 Å². The largest absolute Gasteiger partial charge is 0.482 e. The number of ether oxygens (including phenoxy) is 2. The summed E-state index contributed by atoms with van der Waals surface area (Å²) < 4.78 is 28.5. The van der Waals surface area contributed by atoms with Crippen LogP contribution >= 0.6 is 12.4 Å². The molecule has 0 saturated carbocycles. The lowest BCUT2D eigenvalue weighted by molar-refractivity contribution is 0.197. The van der Waals surface area contributed by atoms with Gasteiger partial charge in [0, 0.05) is 13.7 Å². The van der Waals surface area contributed by atoms with E-state index in [1.54, 1.807) is 25.3 Å². The second-order valence-corrected chi connectivity index (χ2v) is 3.99. The first-order valence-electron chi connectivity index (χ1n) is 6.18. The molecule has 0 bridgehead atoms. The van der Waals surface area contributed by atoms with Crippen molar-refractivity contribution in [1.82, 2.24) is 15.5 Å². The Morgan fingerprint density at radius 1 is 1.33 bits per heavy atom. The molecule has 1 N–H and O–H groups in total. The molecule has 1 aromatic carbocycles. The highest BCUT2D eigenvalue weighted by Crippen LogP contribution is 2.16. The standard InChI is InChI=1S/C13H16FN3O3.ClH/c1-18-7-6-15-8-13-16-12(17-20-13)9-19-11-5-3-2-4-10(11)14;/h2-5,15H,6-9H2,1H3;1H. The van der Waals surface area contributed by atoms with Gasteiger partial charge in [0.25, 0.3) is 0 Å². The van der Waals surface area contributed by atoms with E-state index in [1.165, 1.54) is 6.07 Å². The molecular weight excluding hydrogens is 301 g/mol. The molecule has 0 amide bonds. The van der Waals surface area contributed by atoms with Gasteiger partial charge in [0.15, 0.2) is 18.2 Å². The van der Waals surface area contributed by atoms with Crippen molar-refractivity contribution >= 4 is 12.4 Å². The molecule has 0 saturated heterocycles. The number of nitrogens with zero attached hydrogens (tertiary/aromatic N) is 2. The Balaban J connectivity index is 0.00000220. The first-order chi connectivity index (χ1) is 9.79. The fourth-order valence-corrected chi connectivity index (χ4v) is 1.49. The van der Waals surface area contributed by atoms with E-state index < -0.39 is 5.82 Å². The van der Waals surface area contributed by atoms with Gasteiger partial charge in [0.1, 0.15) is 0 Å². The number of nitrogens with one attached hydrogen (secondary N) is 1. The maximum Gasteiger partial charge on any atom is 0.240 e. The molecule has 2 aromatic rings. The average molecular weight is 318 g/mol. The van der Waals surface area contributed by atoms with Crippen molar-refractivity contribution in [1.29, 1.82) is 0 Å². The molecule has 2 rings (SSSR count). The lowest BCUT2D eigenvalue weighted by Gasteiger charge is -2.03. The Bertz CT molecular complexity index is 539. The number of para-hydroxylation sites is 1. The zero-order chi connectivity index (χ0) is 14.2. The molecule has 116 valence electrons. The predicted octanol–water partition coefficient (Wildman–Crippen LogP) is 1.95. The normalized spacial score (nSPS) is 10.2. The van der Waals surface area contributed by atoms with Crippen molar-refractivity contribution in [3.8, 4) is 5.75 Å². The van der Waals surface area contributed by atoms with Gasteiger partial charge >= 0.3 is 0 Å². The third-order valence-corrected chi connectivity index (χ3v) is 2.46. The smallest absolute Gasteiger partial charge is 0.240 e. The van der Waals surface area contributed by atoms with Gasteiger partial charge in [-0.25, -0.2) is 4.39 Å². The van der Waals surface area contributed by atoms with Crippen LogP contribution in [-0.4, -0.2) is 30.4 Å². The van der Waals surface area contributed by atoms with E-state index in [9.17, 15) is 4.39 Å². The minimum Gasteiger partial charge on any atom is -0.482 e. The topological polar surface area (TPSA) is 69.4 Å². The van der Waals surface area contributed by atoms with Gasteiger partial charge in [0.05, 0.1) is 13.2 Å². The molecule has 1 aromatic heterocycles. The number of hydrogen-bond donors (Lipinski definition) is 1. The van der Waals surface area contributed by atoms with Gasteiger partial charge in [-0.2, -0.15) is 4.98 Å². The van der Waals surface area contributed by atoms with Crippen LogP contribution in [0, 0.1) is 5.82 Å². The summed E-state index contributed by atoms with van der Waals surface area (Å²) in [6, 6.07) is 6.17. The summed E-state index contributed by atoms with van der Waals surface area (Å²) in [4.78, 5) is 4.12. The van der Waals surface area contributed by atoms with E-state index in [0.717, 1.165) is 0 Å². The number of hydrogen-bond acceptors (Lipinski definition) is 6. The average Bonchev–Trinajstić information content (AvgIpc) is 2.91. The minimum atomic E-state index is -0.419. The van der Waals surface area contributed by atoms with Crippen LogP contribution in [0.4, 0.5) is 4.39 Å². The third kappa shape index (κ3) is 5.66. The molecule has 8 heteroatoms. The van der Waals surface area contributed by atoms with E-state index in [-0.39, 0.29) is 24.8 Å². The summed E-state index contributed by atoms with van der Waals surface area (Å²) in [6.45, 7) is 1.82. The second kappa shape index (κ2) is 9.28. The Kier molecular flexibility index (Phi) is 7.66. The predicted molar refractivity (Wildman–Crippen MR) is 75.9 cm³/mol. The number of benzene rings is 1. The number of halogens is 2. The van der Waals surface area contributed by atoms with Crippen molar-refractivity contribution in [3.63, 3.8) is 0 Å². The highest BCUT2D eigenvalue weighted by molar-refractivity contribution is 5.85. The summed E-state index contributed by atoms with van der Waals surface area (Å²) in [5.74, 6) is 0.569. The lowest BCUT2D eigenvalue weighted by atomic mass is 10.3. The Morgan fingerprint density at radius 2 is 2.14 bits per heavy atom. The Morgan fingerprint density at radius 3 is 2.90 bits per heavy atom. The maximum atomic E-state index is 13.3. The summed E-state index contributed by atoms with van der Waals surface area (Å²) in [6.07, 6.45) is 0. The fourth-order valence-electron chi connectivity index (χ4n) is 1.49. The van der Waals surface area contributed by atoms with Crippen molar-refractivity contribution in [2.24, 2.45) is 0 Å². The quantitative estimate of drug-likeness (QED) is 0.750. The van der Waals surface area contributed by atoms with Crippen LogP contribution in [0.15, 0.2) is 28.8 Å². The second-order valence-electron chi connectivity index (χ2n) is 3.99. The first kappa shape index (κ1) is 17.4. The van der Waals surface area contributed by atoms with Crippen LogP contribution in [0.25, 0.3) is 0 Å². The molecule has 21 heavy (non-hydrogen) atoms. The van der Waals surface area contributed by atoms with Crippen molar-refractivity contribution in [3.05, 3.63) is 41.8 Å². The monoisotopic (exact) mass is 317 g/mol. The SMILES string of the molecule is COCCNCc1nc(COc2ccccc2F)no1.Cl. The van der Waals surface area contributed by atoms with Crippen molar-refractivity contribution in [2.75, 3.05) is 20.3 Å². The first-order valence-corrected chi connectivity index (χ1v) is 6.18. The number of rotatable bonds is 8. The van der Waals surface area contributed by atoms with Crippen molar-refractivity contribution < 1.29 is 18.4 Å². The molecular formula is C13H17ClFN3O3. The Hall–Kier alpha value is -1.70. The fraction of sp³-hybridized carbons (Fsp3) is 0.385. The van der Waals surface area contributed by atoms with Crippen LogP contribution in [0.1, 0.15) is 11.7 Å². The van der Waals surface area contributed by atoms with Crippen LogP contribution in [0.5, 0.6) is 5.75 Å². The molecule has 0 aliphatic rings. The van der Waals surface area contributed by atoms with Gasteiger partial charge in [-0.1, -0.05) is 17.3 Å². The van der Waals surface area contributed by atoms with E-state index in [2.05, 4.69) is 15.5 Å². The van der Waals surface area contributed by atoms with E-state index in [0.29, 0.717) is 31.4 Å². The van der Waals surface area contributed by atoms with Crippen LogP contribution < -0.4 is 10.1 Å². The molecule has 0 fully saturated rings. The summed E-state index contributed by atoms with van der Waals surface area (Å²) in [5.41, 5.74) is 0. The molecule has 0 radical (unpaired) electrons. The highest BCUT2D eigenvalue weighted by Gasteiger charge is 2.08. The molecule has 0 aliphatic heterocycles. The van der Waals surface area contributed by atoms with Crippen LogP contribution in [0.3, 0.4) is 0 Å². The number of methoxy groups -OCH3 is 1. The highest BCUT2D eigenvalue weighted by atomic mass is 35.5. The zero-order valence-corrected chi connectivity index (χ0v) is 12.4. The summed E-state index contributed by atoms with van der Waals surface area (Å²) in [7, 11) is 1.63. The van der Waals surface area contributed by atoms with Gasteiger partial charge in [0.2, 0.25) is 11.7 Å². The Labute approximate surface area is 128 Å². The molecule has 0 unspecified atom stereocenters. The minimum absolute atomic E-state index is 0. The summed E-state index contributed by atoms with van der Waals surface area (Å²) in [5, 5.41) is 6.83. The third-order valence-electron chi connectivity index (χ3n) is 2.46. The van der Waals surface area contributed by atoms with E-state index >= 15 is 0 Å². The lowest BCUT2D eigenvalue weighted by Crippen LogP contribution is -2.18. The van der Waals surface area contributed by atoms with Gasteiger partial charge in [-0.15, -0.1) is 12.4 Å². The molecule has 0 atom stereocenters. The molecule has 6 nitrogen and oxygen atoms in total.